The van der Waals surface area contributed by atoms with Gasteiger partial charge in [0.1, 0.15) is 23.4 Å². The molecule has 0 radical (unpaired) electrons. The van der Waals surface area contributed by atoms with Crippen molar-refractivity contribution in [3.63, 3.8) is 0 Å². The van der Waals surface area contributed by atoms with Gasteiger partial charge in [0.15, 0.2) is 11.2 Å². The molecule has 0 spiro atoms. The number of imide groups is 1. The Kier molecular flexibility index (Phi) is 7.96. The van der Waals surface area contributed by atoms with E-state index >= 15 is 4.39 Å². The van der Waals surface area contributed by atoms with Crippen LogP contribution in [0.5, 0.6) is 5.75 Å². The number of benzene rings is 2. The smallest absolute Gasteiger partial charge is 0.331 e. The SMILES string of the molecule is COc1cc(C(=O)N2C(c3nccs3)C(F)(CON3C(=O)c4ccccc4C3=O)CC2(Cn2cccn2)C(=O)O)ccc1C(C)(C)C. The number of amides is 3. The first-order valence-electron chi connectivity index (χ1n) is 14.7. The van der Waals surface area contributed by atoms with Crippen LogP contribution in [0.3, 0.4) is 0 Å². The van der Waals surface area contributed by atoms with Crippen LogP contribution >= 0.6 is 11.3 Å². The fourth-order valence-electron chi connectivity index (χ4n) is 6.37. The number of alkyl halides is 1. The van der Waals surface area contributed by atoms with E-state index in [-0.39, 0.29) is 27.1 Å². The number of ether oxygens (including phenoxy) is 1. The molecule has 0 aliphatic carbocycles. The molecule has 2 aliphatic heterocycles. The van der Waals surface area contributed by atoms with Gasteiger partial charge in [0, 0.05) is 36.0 Å². The number of methoxy groups -OCH3 is 1. The van der Waals surface area contributed by atoms with Crippen molar-refractivity contribution in [3.05, 3.63) is 99.8 Å². The highest BCUT2D eigenvalue weighted by atomic mass is 32.1. The molecule has 0 saturated carbocycles. The van der Waals surface area contributed by atoms with E-state index in [0.29, 0.717) is 10.8 Å². The summed E-state index contributed by atoms with van der Waals surface area (Å²) in [5, 5.41) is 17.2. The Balaban J connectivity index is 1.47. The van der Waals surface area contributed by atoms with E-state index in [1.165, 1.54) is 48.6 Å². The number of hydroxylamine groups is 2. The summed E-state index contributed by atoms with van der Waals surface area (Å²) in [7, 11) is 1.47. The summed E-state index contributed by atoms with van der Waals surface area (Å²) in [6.07, 6.45) is 3.61. The van der Waals surface area contributed by atoms with Crippen LogP contribution in [0, 0.1) is 0 Å². The van der Waals surface area contributed by atoms with Crippen LogP contribution < -0.4 is 4.74 Å². The quantitative estimate of drug-likeness (QED) is 0.253. The second-order valence-corrected chi connectivity index (χ2v) is 13.5. The second-order valence-electron chi connectivity index (χ2n) is 12.6. The zero-order chi connectivity index (χ0) is 33.7. The highest BCUT2D eigenvalue weighted by Gasteiger charge is 2.68. The van der Waals surface area contributed by atoms with Crippen molar-refractivity contribution in [1.82, 2.24) is 24.7 Å². The molecule has 47 heavy (non-hydrogen) atoms. The third-order valence-electron chi connectivity index (χ3n) is 8.53. The lowest BCUT2D eigenvalue weighted by Crippen LogP contribution is -2.56. The van der Waals surface area contributed by atoms with E-state index in [1.54, 1.807) is 35.7 Å². The van der Waals surface area contributed by atoms with Gasteiger partial charge in [0.05, 0.1) is 24.8 Å². The summed E-state index contributed by atoms with van der Waals surface area (Å²) in [5.74, 6) is -3.43. The summed E-state index contributed by atoms with van der Waals surface area (Å²) in [5.41, 5.74) is -4.14. The maximum absolute atomic E-state index is 17.8. The van der Waals surface area contributed by atoms with Crippen LogP contribution in [0.4, 0.5) is 4.39 Å². The van der Waals surface area contributed by atoms with E-state index < -0.39 is 60.5 Å². The maximum atomic E-state index is 17.8. The minimum Gasteiger partial charge on any atom is -0.496 e. The Morgan fingerprint density at radius 2 is 1.79 bits per heavy atom. The van der Waals surface area contributed by atoms with Crippen molar-refractivity contribution in [3.8, 4) is 5.75 Å². The third-order valence-corrected chi connectivity index (χ3v) is 9.36. The molecular formula is C33H32FN5O7S. The second kappa shape index (κ2) is 11.7. The topological polar surface area (TPSA) is 144 Å². The molecule has 2 aromatic heterocycles. The van der Waals surface area contributed by atoms with Gasteiger partial charge in [-0.3, -0.25) is 23.9 Å². The molecule has 4 aromatic rings. The highest BCUT2D eigenvalue weighted by molar-refractivity contribution is 7.09. The number of carboxylic acid groups (broad SMARTS) is 1. The molecule has 4 heterocycles. The Morgan fingerprint density at radius 3 is 2.34 bits per heavy atom. The van der Waals surface area contributed by atoms with Gasteiger partial charge in [-0.25, -0.2) is 14.2 Å². The Morgan fingerprint density at radius 1 is 1.09 bits per heavy atom. The average molecular weight is 662 g/mol. The number of aromatic nitrogens is 3. The molecule has 1 N–H and O–H groups in total. The van der Waals surface area contributed by atoms with Crippen molar-refractivity contribution in [2.75, 3.05) is 13.7 Å². The van der Waals surface area contributed by atoms with E-state index in [1.807, 2.05) is 20.8 Å². The lowest BCUT2D eigenvalue weighted by molar-refractivity contribution is -0.150. The molecule has 0 bridgehead atoms. The number of carbonyl (C=O) groups excluding carboxylic acids is 3. The monoisotopic (exact) mass is 661 g/mol. The Hall–Kier alpha value is -4.95. The minimum atomic E-state index is -2.65. The van der Waals surface area contributed by atoms with E-state index in [0.717, 1.165) is 21.8 Å². The number of thiazole rings is 1. The van der Waals surface area contributed by atoms with Gasteiger partial charge in [-0.15, -0.1) is 16.4 Å². The summed E-state index contributed by atoms with van der Waals surface area (Å²) in [4.78, 5) is 65.1. The molecule has 14 heteroatoms. The van der Waals surface area contributed by atoms with Crippen LogP contribution in [0.25, 0.3) is 0 Å². The Bertz CT molecular complexity index is 1820. The highest BCUT2D eigenvalue weighted by Crippen LogP contribution is 2.54. The van der Waals surface area contributed by atoms with Crippen molar-refractivity contribution < 1.29 is 38.2 Å². The first kappa shape index (κ1) is 32.0. The summed E-state index contributed by atoms with van der Waals surface area (Å²) in [6.45, 7) is 4.59. The molecule has 6 rings (SSSR count). The molecule has 3 unspecified atom stereocenters. The molecule has 3 atom stereocenters. The number of carboxylic acids is 1. The normalized spacial score (nSPS) is 22.5. The fraction of sp³-hybridized carbons (Fsp3) is 0.333. The van der Waals surface area contributed by atoms with Crippen LogP contribution in [-0.4, -0.2) is 78.4 Å². The molecule has 1 fully saturated rings. The Labute approximate surface area is 273 Å². The largest absolute Gasteiger partial charge is 0.496 e. The molecule has 12 nitrogen and oxygen atoms in total. The van der Waals surface area contributed by atoms with Crippen molar-refractivity contribution in [2.45, 2.75) is 56.4 Å². The number of aliphatic carboxylic acids is 1. The number of nitrogens with zero attached hydrogens (tertiary/aromatic N) is 5. The zero-order valence-corrected chi connectivity index (χ0v) is 26.9. The summed E-state index contributed by atoms with van der Waals surface area (Å²) < 4.78 is 24.8. The van der Waals surface area contributed by atoms with Crippen LogP contribution in [0.2, 0.25) is 0 Å². The molecule has 244 valence electrons. The first-order chi connectivity index (χ1) is 22.3. The van der Waals surface area contributed by atoms with Crippen molar-refractivity contribution in [1.29, 1.82) is 0 Å². The fourth-order valence-corrected chi connectivity index (χ4v) is 7.20. The lowest BCUT2D eigenvalue weighted by atomic mass is 9.85. The van der Waals surface area contributed by atoms with Gasteiger partial charge in [-0.05, 0) is 41.3 Å². The standard InChI is InChI=1S/C33H32FN5O7S/c1-31(2,3)23-11-10-20(16-24(23)45-4)27(40)38-25(26-35-13-15-47-26)32(34,17-33(38,30(43)44)18-37-14-7-12-36-37)19-46-39-28(41)21-8-5-6-9-22(21)29(39)42/h5-16,25H,17-19H2,1-4H3,(H,43,44). The van der Waals surface area contributed by atoms with E-state index in [9.17, 15) is 24.3 Å². The van der Waals surface area contributed by atoms with Gasteiger partial charge in [0.2, 0.25) is 0 Å². The van der Waals surface area contributed by atoms with Crippen molar-refractivity contribution in [2.24, 2.45) is 0 Å². The van der Waals surface area contributed by atoms with Gasteiger partial charge < -0.3 is 14.7 Å². The van der Waals surface area contributed by atoms with Gasteiger partial charge in [0.25, 0.3) is 17.7 Å². The number of hydrogen-bond donors (Lipinski definition) is 1. The molecule has 3 amide bonds. The number of rotatable bonds is 9. The molecular weight excluding hydrogens is 629 g/mol. The number of likely N-dealkylation sites (tertiary alicyclic amines) is 1. The number of hydrogen-bond acceptors (Lipinski definition) is 9. The van der Waals surface area contributed by atoms with Crippen LogP contribution in [-0.2, 0) is 21.6 Å². The predicted molar refractivity (Wildman–Crippen MR) is 167 cm³/mol. The lowest BCUT2D eigenvalue weighted by Gasteiger charge is -2.37. The number of fused-ring (bicyclic) bond motifs is 1. The predicted octanol–water partition coefficient (Wildman–Crippen LogP) is 4.69. The number of halogens is 1. The first-order valence-corrected chi connectivity index (χ1v) is 15.6. The van der Waals surface area contributed by atoms with E-state index in [4.69, 9.17) is 9.57 Å². The van der Waals surface area contributed by atoms with Crippen molar-refractivity contribution >= 4 is 35.0 Å². The average Bonchev–Trinajstić information content (AvgIpc) is 3.83. The molecule has 2 aliphatic rings. The van der Waals surface area contributed by atoms with Crippen LogP contribution in [0.1, 0.15) is 74.9 Å². The van der Waals surface area contributed by atoms with Gasteiger partial charge in [-0.2, -0.15) is 5.10 Å². The van der Waals surface area contributed by atoms with Gasteiger partial charge in [-0.1, -0.05) is 39.0 Å². The summed E-state index contributed by atoms with van der Waals surface area (Å²) in [6, 6.07) is 10.9. The van der Waals surface area contributed by atoms with Crippen LogP contribution in [0.15, 0.2) is 72.5 Å². The number of carbonyl (C=O) groups is 4. The van der Waals surface area contributed by atoms with E-state index in [2.05, 4.69) is 10.1 Å². The van der Waals surface area contributed by atoms with Gasteiger partial charge >= 0.3 is 5.97 Å². The third kappa shape index (κ3) is 5.36. The maximum Gasteiger partial charge on any atom is 0.331 e. The molecule has 2 aromatic carbocycles. The summed E-state index contributed by atoms with van der Waals surface area (Å²) >= 11 is 1.03. The zero-order valence-electron chi connectivity index (χ0n) is 26.0. The minimum absolute atomic E-state index is 0.0630. The molecule has 1 saturated heterocycles.